The normalized spacial score (nSPS) is 16.0. The zero-order valence-electron chi connectivity index (χ0n) is 17.0. The van der Waals surface area contributed by atoms with Crippen molar-refractivity contribution in [3.8, 4) is 17.1 Å². The van der Waals surface area contributed by atoms with Crippen LogP contribution in [-0.2, 0) is 4.74 Å². The van der Waals surface area contributed by atoms with Crippen LogP contribution in [0.2, 0.25) is 0 Å². The molecule has 1 aliphatic rings. The lowest BCUT2D eigenvalue weighted by atomic mass is 10.1. The Bertz CT molecular complexity index is 1200. The lowest BCUT2D eigenvalue weighted by molar-refractivity contribution is 0.0910. The Labute approximate surface area is 183 Å². The molecule has 1 saturated heterocycles. The second-order valence-corrected chi connectivity index (χ2v) is 8.31. The van der Waals surface area contributed by atoms with Gasteiger partial charge >= 0.3 is 0 Å². The zero-order valence-corrected chi connectivity index (χ0v) is 17.8. The van der Waals surface area contributed by atoms with E-state index in [4.69, 9.17) is 19.0 Å². The molecule has 8 heteroatoms. The number of amides is 1. The predicted molar refractivity (Wildman–Crippen MR) is 119 cm³/mol. The number of nitrogens with zero attached hydrogens (tertiary/aromatic N) is 3. The van der Waals surface area contributed by atoms with Gasteiger partial charge in [0.1, 0.15) is 11.3 Å². The number of para-hydroxylation sites is 1. The highest BCUT2D eigenvalue weighted by molar-refractivity contribution is 7.22. The van der Waals surface area contributed by atoms with E-state index in [0.29, 0.717) is 29.8 Å². The molecule has 3 heterocycles. The fourth-order valence-corrected chi connectivity index (χ4v) is 4.68. The molecule has 0 bridgehead atoms. The summed E-state index contributed by atoms with van der Waals surface area (Å²) in [5.41, 5.74) is 1.84. The maximum absolute atomic E-state index is 13.5. The third-order valence-corrected chi connectivity index (χ3v) is 6.31. The summed E-state index contributed by atoms with van der Waals surface area (Å²) in [5, 5.41) is 4.63. The van der Waals surface area contributed by atoms with Crippen molar-refractivity contribution in [2.45, 2.75) is 18.9 Å². The number of methoxy groups -OCH3 is 1. The number of rotatable bonds is 6. The van der Waals surface area contributed by atoms with Gasteiger partial charge in [-0.25, -0.2) is 4.98 Å². The lowest BCUT2D eigenvalue weighted by Gasteiger charge is -2.21. The first-order chi connectivity index (χ1) is 15.2. The fraction of sp³-hybridized carbons (Fsp3) is 0.261. The minimum absolute atomic E-state index is 0.0293. The van der Waals surface area contributed by atoms with E-state index >= 15 is 0 Å². The lowest BCUT2D eigenvalue weighted by Crippen LogP contribution is -2.37. The third-order valence-electron chi connectivity index (χ3n) is 5.26. The fourth-order valence-electron chi connectivity index (χ4n) is 3.68. The molecule has 2 aromatic heterocycles. The largest absolute Gasteiger partial charge is 0.494 e. The summed E-state index contributed by atoms with van der Waals surface area (Å²) in [6.45, 7) is 1.12. The molecule has 7 nitrogen and oxygen atoms in total. The van der Waals surface area contributed by atoms with Gasteiger partial charge in [0.25, 0.3) is 5.91 Å². The Kier molecular flexibility index (Phi) is 5.40. The van der Waals surface area contributed by atoms with E-state index in [2.05, 4.69) is 5.16 Å². The van der Waals surface area contributed by atoms with E-state index in [-0.39, 0.29) is 17.7 Å². The third kappa shape index (κ3) is 3.92. The van der Waals surface area contributed by atoms with Crippen LogP contribution < -0.4 is 9.64 Å². The van der Waals surface area contributed by atoms with Crippen LogP contribution in [0.1, 0.15) is 23.3 Å². The molecule has 0 spiro atoms. The van der Waals surface area contributed by atoms with Crippen molar-refractivity contribution in [1.82, 2.24) is 10.1 Å². The van der Waals surface area contributed by atoms with Crippen molar-refractivity contribution >= 4 is 32.6 Å². The van der Waals surface area contributed by atoms with Crippen molar-refractivity contribution in [1.29, 1.82) is 0 Å². The standard InChI is InChI=1S/C23H21N3O4S/c1-28-18-10-5-11-20-21(18)24-23(31-20)26(14-16-9-6-12-29-16)22(27)17-13-19(30-25-17)15-7-3-2-4-8-15/h2-5,7-8,10-11,13,16H,6,9,12,14H2,1H3. The molecule has 1 fully saturated rings. The van der Waals surface area contributed by atoms with E-state index in [1.54, 1.807) is 18.1 Å². The van der Waals surface area contributed by atoms with E-state index in [0.717, 1.165) is 28.6 Å². The number of aromatic nitrogens is 2. The van der Waals surface area contributed by atoms with Crippen LogP contribution in [0.15, 0.2) is 59.1 Å². The molecule has 0 saturated carbocycles. The molecular weight excluding hydrogens is 414 g/mol. The summed E-state index contributed by atoms with van der Waals surface area (Å²) in [6.07, 6.45) is 1.87. The van der Waals surface area contributed by atoms with Gasteiger partial charge in [-0.2, -0.15) is 0 Å². The summed E-state index contributed by atoms with van der Waals surface area (Å²) < 4.78 is 17.6. The molecule has 0 radical (unpaired) electrons. The number of hydrogen-bond donors (Lipinski definition) is 0. The quantitative estimate of drug-likeness (QED) is 0.434. The minimum atomic E-state index is -0.264. The number of carbonyl (C=O) groups is 1. The maximum atomic E-state index is 13.5. The molecule has 1 unspecified atom stereocenters. The van der Waals surface area contributed by atoms with Gasteiger partial charge in [0.05, 0.1) is 24.5 Å². The Hall–Kier alpha value is -3.23. The molecule has 1 atom stereocenters. The van der Waals surface area contributed by atoms with Crippen LogP contribution in [0.3, 0.4) is 0 Å². The van der Waals surface area contributed by atoms with E-state index < -0.39 is 0 Å². The Morgan fingerprint density at radius 3 is 2.87 bits per heavy atom. The first kappa shape index (κ1) is 19.7. The van der Waals surface area contributed by atoms with Crippen molar-refractivity contribution in [3.05, 3.63) is 60.3 Å². The van der Waals surface area contributed by atoms with Crippen molar-refractivity contribution in [3.63, 3.8) is 0 Å². The Balaban J connectivity index is 1.50. The molecule has 5 rings (SSSR count). The zero-order chi connectivity index (χ0) is 21.2. The molecule has 158 valence electrons. The van der Waals surface area contributed by atoms with Gasteiger partial charge in [-0.05, 0) is 25.0 Å². The number of ether oxygens (including phenoxy) is 2. The van der Waals surface area contributed by atoms with Gasteiger partial charge in [-0.1, -0.05) is 52.9 Å². The molecule has 0 N–H and O–H groups in total. The van der Waals surface area contributed by atoms with Crippen LogP contribution >= 0.6 is 11.3 Å². The minimum Gasteiger partial charge on any atom is -0.494 e. The van der Waals surface area contributed by atoms with Gasteiger partial charge < -0.3 is 14.0 Å². The van der Waals surface area contributed by atoms with E-state index in [1.807, 2.05) is 48.5 Å². The molecular formula is C23H21N3O4S. The Morgan fingerprint density at radius 2 is 2.10 bits per heavy atom. The van der Waals surface area contributed by atoms with Crippen LogP contribution in [-0.4, -0.2) is 42.4 Å². The highest BCUT2D eigenvalue weighted by Gasteiger charge is 2.29. The second-order valence-electron chi connectivity index (χ2n) is 7.30. The van der Waals surface area contributed by atoms with Gasteiger partial charge in [0, 0.05) is 18.2 Å². The van der Waals surface area contributed by atoms with Crippen molar-refractivity contribution in [2.24, 2.45) is 0 Å². The van der Waals surface area contributed by atoms with Gasteiger partial charge in [0.2, 0.25) is 0 Å². The molecule has 4 aromatic rings. The Morgan fingerprint density at radius 1 is 1.23 bits per heavy atom. The summed E-state index contributed by atoms with van der Waals surface area (Å²) in [7, 11) is 1.61. The number of anilines is 1. The van der Waals surface area contributed by atoms with Crippen LogP contribution in [0.5, 0.6) is 5.75 Å². The van der Waals surface area contributed by atoms with Crippen LogP contribution in [0.25, 0.3) is 21.5 Å². The first-order valence-electron chi connectivity index (χ1n) is 10.1. The summed E-state index contributed by atoms with van der Waals surface area (Å²) in [6, 6.07) is 17.0. The monoisotopic (exact) mass is 435 g/mol. The maximum Gasteiger partial charge on any atom is 0.282 e. The molecule has 1 aliphatic heterocycles. The predicted octanol–water partition coefficient (Wildman–Crippen LogP) is 4.79. The van der Waals surface area contributed by atoms with Crippen molar-refractivity contribution in [2.75, 3.05) is 25.2 Å². The number of fused-ring (bicyclic) bond motifs is 1. The van der Waals surface area contributed by atoms with Gasteiger partial charge in [0.15, 0.2) is 16.6 Å². The SMILES string of the molecule is COc1cccc2sc(N(CC3CCCO3)C(=O)c3cc(-c4ccccc4)on3)nc12. The highest BCUT2D eigenvalue weighted by Crippen LogP contribution is 2.35. The van der Waals surface area contributed by atoms with Gasteiger partial charge in [-0.3, -0.25) is 9.69 Å². The summed E-state index contributed by atoms with van der Waals surface area (Å²) in [5.74, 6) is 0.962. The number of hydrogen-bond acceptors (Lipinski definition) is 7. The topological polar surface area (TPSA) is 77.7 Å². The molecule has 0 aliphatic carbocycles. The summed E-state index contributed by atoms with van der Waals surface area (Å²) in [4.78, 5) is 19.9. The molecule has 1 amide bonds. The smallest absolute Gasteiger partial charge is 0.282 e. The number of carbonyl (C=O) groups excluding carboxylic acids is 1. The summed E-state index contributed by atoms with van der Waals surface area (Å²) >= 11 is 1.44. The van der Waals surface area contributed by atoms with E-state index in [1.165, 1.54) is 11.3 Å². The average Bonchev–Trinajstić information content (AvgIpc) is 3.57. The molecule has 31 heavy (non-hydrogen) atoms. The number of benzene rings is 2. The second kappa shape index (κ2) is 8.49. The van der Waals surface area contributed by atoms with Gasteiger partial charge in [-0.15, -0.1) is 0 Å². The van der Waals surface area contributed by atoms with Crippen LogP contribution in [0, 0.1) is 0 Å². The van der Waals surface area contributed by atoms with Crippen molar-refractivity contribution < 1.29 is 18.8 Å². The molecule has 2 aromatic carbocycles. The average molecular weight is 436 g/mol. The first-order valence-corrected chi connectivity index (χ1v) is 10.9. The van der Waals surface area contributed by atoms with Crippen LogP contribution in [0.4, 0.5) is 5.13 Å². The highest BCUT2D eigenvalue weighted by atomic mass is 32.1. The van der Waals surface area contributed by atoms with E-state index in [9.17, 15) is 4.79 Å². The number of thiazole rings is 1.